The highest BCUT2D eigenvalue weighted by molar-refractivity contribution is 14.0. The third-order valence-corrected chi connectivity index (χ3v) is 2.55. The average molecular weight is 355 g/mol. The zero-order valence-electron chi connectivity index (χ0n) is 10.6. The lowest BCUT2D eigenvalue weighted by Crippen LogP contribution is -2.39. The molecule has 1 N–H and O–H groups in total. The molecule has 0 radical (unpaired) electrons. The van der Waals surface area contributed by atoms with E-state index in [-0.39, 0.29) is 29.9 Å². The molecule has 0 aromatic carbocycles. The number of ether oxygens (including phenoxy) is 1. The van der Waals surface area contributed by atoms with E-state index in [1.807, 2.05) is 6.92 Å². The molecule has 0 unspecified atom stereocenters. The molecule has 5 nitrogen and oxygen atoms in total. The highest BCUT2D eigenvalue weighted by atomic mass is 127. The van der Waals surface area contributed by atoms with Crippen molar-refractivity contribution in [1.82, 2.24) is 10.2 Å². The van der Waals surface area contributed by atoms with Gasteiger partial charge in [-0.3, -0.25) is 9.79 Å². The van der Waals surface area contributed by atoms with Gasteiger partial charge in [0.1, 0.15) is 0 Å². The summed E-state index contributed by atoms with van der Waals surface area (Å²) in [6.07, 6.45) is 2.79. The Labute approximate surface area is 120 Å². The second kappa shape index (κ2) is 9.49. The monoisotopic (exact) mass is 355 g/mol. The smallest absolute Gasteiger partial charge is 0.307 e. The molecule has 0 aromatic heterocycles. The largest absolute Gasteiger partial charge is 0.469 e. The number of aliphatic imine (C=N–C) groups is 1. The Morgan fingerprint density at radius 3 is 2.59 bits per heavy atom. The van der Waals surface area contributed by atoms with Crippen LogP contribution in [0.4, 0.5) is 0 Å². The maximum Gasteiger partial charge on any atom is 0.307 e. The van der Waals surface area contributed by atoms with Crippen molar-refractivity contribution in [2.45, 2.75) is 26.2 Å². The van der Waals surface area contributed by atoms with Crippen LogP contribution in [0.1, 0.15) is 26.2 Å². The minimum atomic E-state index is -0.207. The van der Waals surface area contributed by atoms with E-state index in [0.29, 0.717) is 13.0 Å². The van der Waals surface area contributed by atoms with Crippen LogP contribution < -0.4 is 5.32 Å². The van der Waals surface area contributed by atoms with Crippen molar-refractivity contribution in [1.29, 1.82) is 0 Å². The standard InChI is InChI=1S/C11H21N3O2.HI/c1-3-12-11(14-8-4-5-9-14)13-7-6-10(15)16-2;/h3-9H2,1-2H3,(H,12,13);1H. The van der Waals surface area contributed by atoms with E-state index in [1.54, 1.807) is 0 Å². The van der Waals surface area contributed by atoms with Gasteiger partial charge in [0.05, 0.1) is 20.1 Å². The second-order valence-corrected chi connectivity index (χ2v) is 3.76. The number of guanidine groups is 1. The van der Waals surface area contributed by atoms with E-state index in [1.165, 1.54) is 20.0 Å². The predicted molar refractivity (Wildman–Crippen MR) is 78.8 cm³/mol. The maximum absolute atomic E-state index is 10.9. The summed E-state index contributed by atoms with van der Waals surface area (Å²) in [6, 6.07) is 0. The van der Waals surface area contributed by atoms with Gasteiger partial charge in [-0.25, -0.2) is 0 Å². The Kier molecular flexibility index (Phi) is 9.20. The highest BCUT2D eigenvalue weighted by Crippen LogP contribution is 2.07. The fraction of sp³-hybridized carbons (Fsp3) is 0.818. The lowest BCUT2D eigenvalue weighted by Gasteiger charge is -2.20. The maximum atomic E-state index is 10.9. The van der Waals surface area contributed by atoms with Gasteiger partial charge in [0.25, 0.3) is 0 Å². The summed E-state index contributed by atoms with van der Waals surface area (Å²) in [5.74, 6) is 0.713. The molecule has 1 aliphatic heterocycles. The number of likely N-dealkylation sites (tertiary alicyclic amines) is 1. The van der Waals surface area contributed by atoms with Crippen LogP contribution in [0.2, 0.25) is 0 Å². The van der Waals surface area contributed by atoms with Crippen LogP contribution in [-0.2, 0) is 9.53 Å². The molecule has 1 heterocycles. The number of nitrogens with zero attached hydrogens (tertiary/aromatic N) is 2. The Morgan fingerprint density at radius 1 is 1.41 bits per heavy atom. The lowest BCUT2D eigenvalue weighted by atomic mass is 10.4. The lowest BCUT2D eigenvalue weighted by molar-refractivity contribution is -0.140. The number of hydrogen-bond donors (Lipinski definition) is 1. The van der Waals surface area contributed by atoms with Crippen molar-refractivity contribution < 1.29 is 9.53 Å². The first-order valence-corrected chi connectivity index (χ1v) is 5.88. The SMILES string of the molecule is CCNC(=NCCC(=O)OC)N1CCCC1.I. The molecule has 1 saturated heterocycles. The molecule has 6 heteroatoms. The van der Waals surface area contributed by atoms with Gasteiger partial charge in [-0.1, -0.05) is 0 Å². The van der Waals surface area contributed by atoms with Crippen molar-refractivity contribution in [3.63, 3.8) is 0 Å². The highest BCUT2D eigenvalue weighted by Gasteiger charge is 2.15. The van der Waals surface area contributed by atoms with E-state index in [0.717, 1.165) is 25.6 Å². The fourth-order valence-corrected chi connectivity index (χ4v) is 1.71. The molecule has 1 fully saturated rings. The molecule has 0 aliphatic carbocycles. The van der Waals surface area contributed by atoms with Crippen LogP contribution in [-0.4, -0.2) is 50.1 Å². The molecular formula is C11H22IN3O2. The molecule has 1 rings (SSSR count). The first-order valence-electron chi connectivity index (χ1n) is 5.88. The molecule has 0 amide bonds. The molecule has 0 aromatic rings. The number of carbonyl (C=O) groups is 1. The van der Waals surface area contributed by atoms with E-state index in [9.17, 15) is 4.79 Å². The minimum absolute atomic E-state index is 0. The molecule has 17 heavy (non-hydrogen) atoms. The topological polar surface area (TPSA) is 53.9 Å². The Bertz CT molecular complexity index is 253. The van der Waals surface area contributed by atoms with E-state index in [2.05, 4.69) is 19.9 Å². The second-order valence-electron chi connectivity index (χ2n) is 3.76. The summed E-state index contributed by atoms with van der Waals surface area (Å²) in [5.41, 5.74) is 0. The first kappa shape index (κ1) is 16.5. The molecule has 0 saturated carbocycles. The van der Waals surface area contributed by atoms with Gasteiger partial charge in [-0.15, -0.1) is 24.0 Å². The van der Waals surface area contributed by atoms with Gasteiger partial charge in [-0.05, 0) is 19.8 Å². The normalized spacial score (nSPS) is 15.4. The number of methoxy groups -OCH3 is 1. The average Bonchev–Trinajstić information content (AvgIpc) is 2.81. The number of halogens is 1. The van der Waals surface area contributed by atoms with Crippen molar-refractivity contribution >= 4 is 35.9 Å². The molecule has 0 bridgehead atoms. The van der Waals surface area contributed by atoms with Gasteiger partial charge in [-0.2, -0.15) is 0 Å². The van der Waals surface area contributed by atoms with E-state index >= 15 is 0 Å². The van der Waals surface area contributed by atoms with Gasteiger partial charge < -0.3 is 15.0 Å². The Balaban J connectivity index is 0.00000256. The fourth-order valence-electron chi connectivity index (χ4n) is 1.71. The Hall–Kier alpha value is -0.530. The molecule has 1 aliphatic rings. The van der Waals surface area contributed by atoms with Crippen molar-refractivity contribution in [2.24, 2.45) is 4.99 Å². The van der Waals surface area contributed by atoms with Crippen molar-refractivity contribution in [2.75, 3.05) is 33.3 Å². The van der Waals surface area contributed by atoms with Gasteiger partial charge in [0, 0.05) is 19.6 Å². The third kappa shape index (κ3) is 6.09. The summed E-state index contributed by atoms with van der Waals surface area (Å²) in [6.45, 7) is 5.51. The van der Waals surface area contributed by atoms with Gasteiger partial charge in [0.15, 0.2) is 5.96 Å². The zero-order chi connectivity index (χ0) is 11.8. The van der Waals surface area contributed by atoms with Crippen LogP contribution in [0.5, 0.6) is 0 Å². The first-order chi connectivity index (χ1) is 7.77. The quantitative estimate of drug-likeness (QED) is 0.357. The van der Waals surface area contributed by atoms with Gasteiger partial charge in [0.2, 0.25) is 0 Å². The molecule has 0 atom stereocenters. The summed E-state index contributed by atoms with van der Waals surface area (Å²) in [5, 5.41) is 3.24. The predicted octanol–water partition coefficient (Wildman–Crippen LogP) is 1.23. The Morgan fingerprint density at radius 2 is 2.06 bits per heavy atom. The molecule has 0 spiro atoms. The van der Waals surface area contributed by atoms with E-state index in [4.69, 9.17) is 0 Å². The number of rotatable bonds is 4. The summed E-state index contributed by atoms with van der Waals surface area (Å²) in [7, 11) is 1.40. The number of nitrogens with one attached hydrogen (secondary N) is 1. The van der Waals surface area contributed by atoms with Gasteiger partial charge >= 0.3 is 5.97 Å². The minimum Gasteiger partial charge on any atom is -0.469 e. The van der Waals surface area contributed by atoms with Crippen LogP contribution >= 0.6 is 24.0 Å². The summed E-state index contributed by atoms with van der Waals surface area (Å²) >= 11 is 0. The van der Waals surface area contributed by atoms with Crippen molar-refractivity contribution in [3.8, 4) is 0 Å². The number of esters is 1. The summed E-state index contributed by atoms with van der Waals surface area (Å²) < 4.78 is 4.58. The van der Waals surface area contributed by atoms with E-state index < -0.39 is 0 Å². The van der Waals surface area contributed by atoms with Crippen molar-refractivity contribution in [3.05, 3.63) is 0 Å². The van der Waals surface area contributed by atoms with Crippen LogP contribution in [0.15, 0.2) is 4.99 Å². The number of hydrogen-bond acceptors (Lipinski definition) is 3. The van der Waals surface area contributed by atoms with Crippen LogP contribution in [0.3, 0.4) is 0 Å². The molecule has 100 valence electrons. The molecular weight excluding hydrogens is 333 g/mol. The third-order valence-electron chi connectivity index (χ3n) is 2.55. The van der Waals surface area contributed by atoms with Crippen LogP contribution in [0, 0.1) is 0 Å². The van der Waals surface area contributed by atoms with Crippen LogP contribution in [0.25, 0.3) is 0 Å². The number of carbonyl (C=O) groups excluding carboxylic acids is 1. The zero-order valence-corrected chi connectivity index (χ0v) is 12.9. The summed E-state index contributed by atoms with van der Waals surface area (Å²) in [4.78, 5) is 17.6.